The molecule has 0 aromatic heterocycles. The third-order valence-corrected chi connectivity index (χ3v) is 1.75. The predicted molar refractivity (Wildman–Crippen MR) is 33.2 cm³/mol. The normalized spacial score (nSPS) is 19.2. The van der Waals surface area contributed by atoms with E-state index < -0.39 is 12.1 Å². The van der Waals surface area contributed by atoms with Crippen LogP contribution in [0.4, 0.5) is 13.2 Å². The van der Waals surface area contributed by atoms with Crippen molar-refractivity contribution < 1.29 is 23.1 Å². The zero-order chi connectivity index (χ0) is 9.35. The predicted octanol–water partition coefficient (Wildman–Crippen LogP) is -0.000600. The maximum absolute atomic E-state index is 11.7. The standard InChI is InChI=1S/C6H8F3NO2/c7-6(8,9)5(12)10-1-4(2-10)3-11/h4,11H,1-3H2. The van der Waals surface area contributed by atoms with Crippen LogP contribution in [0.5, 0.6) is 0 Å². The number of halogens is 3. The summed E-state index contributed by atoms with van der Waals surface area (Å²) in [5, 5.41) is 8.47. The van der Waals surface area contributed by atoms with Crippen LogP contribution in [0, 0.1) is 5.92 Å². The summed E-state index contributed by atoms with van der Waals surface area (Å²) in [6, 6.07) is 0. The van der Waals surface area contributed by atoms with E-state index in [-0.39, 0.29) is 25.6 Å². The maximum atomic E-state index is 11.7. The number of carbonyl (C=O) groups excluding carboxylic acids is 1. The molecule has 1 N–H and O–H groups in total. The largest absolute Gasteiger partial charge is 0.471 e. The van der Waals surface area contributed by atoms with Crippen molar-refractivity contribution in [1.29, 1.82) is 0 Å². The lowest BCUT2D eigenvalue weighted by Gasteiger charge is -2.38. The first-order valence-electron chi connectivity index (χ1n) is 3.42. The molecule has 0 bridgehead atoms. The van der Waals surface area contributed by atoms with E-state index in [9.17, 15) is 18.0 Å². The molecule has 0 spiro atoms. The molecule has 70 valence electrons. The van der Waals surface area contributed by atoms with Crippen molar-refractivity contribution in [2.75, 3.05) is 19.7 Å². The number of nitrogens with zero attached hydrogens (tertiary/aromatic N) is 1. The van der Waals surface area contributed by atoms with Crippen LogP contribution in [0.15, 0.2) is 0 Å². The quantitative estimate of drug-likeness (QED) is 0.621. The Morgan fingerprint density at radius 3 is 2.33 bits per heavy atom. The third-order valence-electron chi connectivity index (χ3n) is 1.75. The lowest BCUT2D eigenvalue weighted by molar-refractivity contribution is -0.192. The number of carbonyl (C=O) groups is 1. The zero-order valence-corrected chi connectivity index (χ0v) is 6.14. The van der Waals surface area contributed by atoms with E-state index in [1.807, 2.05) is 0 Å². The van der Waals surface area contributed by atoms with E-state index in [0.717, 1.165) is 0 Å². The fourth-order valence-electron chi connectivity index (χ4n) is 1.03. The lowest BCUT2D eigenvalue weighted by atomic mass is 10.0. The summed E-state index contributed by atoms with van der Waals surface area (Å²) in [6.45, 7) is -0.147. The van der Waals surface area contributed by atoms with E-state index in [1.54, 1.807) is 0 Å². The summed E-state index contributed by atoms with van der Waals surface area (Å²) in [4.78, 5) is 11.1. The minimum absolute atomic E-state index is 0.00877. The molecule has 1 saturated heterocycles. The lowest BCUT2D eigenvalue weighted by Crippen LogP contribution is -2.55. The fourth-order valence-corrected chi connectivity index (χ4v) is 1.03. The van der Waals surface area contributed by atoms with Crippen molar-refractivity contribution in [3.8, 4) is 0 Å². The molecule has 1 aliphatic rings. The zero-order valence-electron chi connectivity index (χ0n) is 6.14. The monoisotopic (exact) mass is 183 g/mol. The Balaban J connectivity index is 2.39. The molecule has 12 heavy (non-hydrogen) atoms. The molecule has 0 aromatic rings. The van der Waals surface area contributed by atoms with Crippen LogP contribution < -0.4 is 0 Å². The summed E-state index contributed by atoms with van der Waals surface area (Å²) in [5.74, 6) is -2.00. The number of hydrogen-bond acceptors (Lipinski definition) is 2. The second-order valence-corrected chi connectivity index (χ2v) is 2.76. The van der Waals surface area contributed by atoms with Gasteiger partial charge in [-0.15, -0.1) is 0 Å². The van der Waals surface area contributed by atoms with Crippen LogP contribution in [-0.2, 0) is 4.79 Å². The van der Waals surface area contributed by atoms with Crippen molar-refractivity contribution in [2.24, 2.45) is 5.92 Å². The molecular formula is C6H8F3NO2. The Bertz CT molecular complexity index is 186. The van der Waals surface area contributed by atoms with Crippen LogP contribution in [-0.4, -0.2) is 41.8 Å². The first-order valence-corrected chi connectivity index (χ1v) is 3.42. The second-order valence-electron chi connectivity index (χ2n) is 2.76. The third kappa shape index (κ3) is 1.69. The smallest absolute Gasteiger partial charge is 0.396 e. The summed E-state index contributed by atoms with van der Waals surface area (Å²) in [6.07, 6.45) is -4.78. The Labute approximate surface area is 66.8 Å². The number of aliphatic hydroxyl groups excluding tert-OH is 1. The summed E-state index contributed by atoms with van der Waals surface area (Å²) in [5.41, 5.74) is 0. The van der Waals surface area contributed by atoms with Crippen molar-refractivity contribution >= 4 is 5.91 Å². The van der Waals surface area contributed by atoms with Crippen LogP contribution in [0.2, 0.25) is 0 Å². The number of alkyl halides is 3. The fraction of sp³-hybridized carbons (Fsp3) is 0.833. The molecule has 0 radical (unpaired) electrons. The van der Waals surface area contributed by atoms with Crippen LogP contribution in [0.25, 0.3) is 0 Å². The van der Waals surface area contributed by atoms with E-state index >= 15 is 0 Å². The minimum Gasteiger partial charge on any atom is -0.396 e. The summed E-state index contributed by atoms with van der Waals surface area (Å²) in [7, 11) is 0. The Morgan fingerprint density at radius 2 is 2.00 bits per heavy atom. The number of rotatable bonds is 1. The van der Waals surface area contributed by atoms with Gasteiger partial charge in [-0.2, -0.15) is 13.2 Å². The molecule has 1 rings (SSSR count). The molecule has 0 aliphatic carbocycles. The van der Waals surface area contributed by atoms with Gasteiger partial charge in [0, 0.05) is 25.6 Å². The topological polar surface area (TPSA) is 40.5 Å². The van der Waals surface area contributed by atoms with Gasteiger partial charge in [0.25, 0.3) is 0 Å². The van der Waals surface area contributed by atoms with Crippen molar-refractivity contribution in [3.05, 3.63) is 0 Å². The van der Waals surface area contributed by atoms with Crippen LogP contribution in [0.1, 0.15) is 0 Å². The molecule has 3 nitrogen and oxygen atoms in total. The molecule has 0 atom stereocenters. The highest BCUT2D eigenvalue weighted by molar-refractivity contribution is 5.82. The molecule has 0 unspecified atom stereocenters. The van der Waals surface area contributed by atoms with Gasteiger partial charge in [0.1, 0.15) is 0 Å². The van der Waals surface area contributed by atoms with Crippen molar-refractivity contribution in [2.45, 2.75) is 6.18 Å². The molecule has 1 heterocycles. The van der Waals surface area contributed by atoms with Crippen LogP contribution in [0.3, 0.4) is 0 Å². The molecule has 1 aliphatic heterocycles. The highest BCUT2D eigenvalue weighted by Crippen LogP contribution is 2.24. The molecule has 0 aromatic carbocycles. The Hall–Kier alpha value is -0.780. The van der Waals surface area contributed by atoms with Gasteiger partial charge in [-0.25, -0.2) is 0 Å². The number of aliphatic hydroxyl groups is 1. The maximum Gasteiger partial charge on any atom is 0.471 e. The first kappa shape index (κ1) is 9.31. The van der Waals surface area contributed by atoms with Gasteiger partial charge in [-0.3, -0.25) is 4.79 Å². The first-order chi connectivity index (χ1) is 5.45. The molecule has 1 fully saturated rings. The minimum atomic E-state index is -4.78. The molecule has 1 amide bonds. The highest BCUT2D eigenvalue weighted by atomic mass is 19.4. The highest BCUT2D eigenvalue weighted by Gasteiger charge is 2.46. The van der Waals surface area contributed by atoms with Crippen LogP contribution >= 0.6 is 0 Å². The van der Waals surface area contributed by atoms with E-state index in [1.165, 1.54) is 0 Å². The summed E-state index contributed by atoms with van der Waals surface area (Å²) >= 11 is 0. The number of hydrogen-bond donors (Lipinski definition) is 1. The second kappa shape index (κ2) is 2.93. The average molecular weight is 183 g/mol. The van der Waals surface area contributed by atoms with E-state index in [4.69, 9.17) is 5.11 Å². The Morgan fingerprint density at radius 1 is 1.50 bits per heavy atom. The van der Waals surface area contributed by atoms with Gasteiger partial charge in [0.05, 0.1) is 0 Å². The Kier molecular flexibility index (Phi) is 2.27. The molecule has 6 heteroatoms. The molecular weight excluding hydrogens is 175 g/mol. The van der Waals surface area contributed by atoms with Gasteiger partial charge >= 0.3 is 12.1 Å². The van der Waals surface area contributed by atoms with Gasteiger partial charge in [0.2, 0.25) is 0 Å². The van der Waals surface area contributed by atoms with E-state index in [0.29, 0.717) is 4.90 Å². The van der Waals surface area contributed by atoms with Crippen molar-refractivity contribution in [1.82, 2.24) is 4.90 Å². The number of likely N-dealkylation sites (tertiary alicyclic amines) is 1. The average Bonchev–Trinajstić information content (AvgIpc) is 1.83. The van der Waals surface area contributed by atoms with Gasteiger partial charge < -0.3 is 10.0 Å². The SMILES string of the molecule is O=C(N1CC(CO)C1)C(F)(F)F. The van der Waals surface area contributed by atoms with Gasteiger partial charge in [0.15, 0.2) is 0 Å². The van der Waals surface area contributed by atoms with Gasteiger partial charge in [-0.1, -0.05) is 0 Å². The summed E-state index contributed by atoms with van der Waals surface area (Å²) < 4.78 is 35.1. The van der Waals surface area contributed by atoms with Crippen molar-refractivity contribution in [3.63, 3.8) is 0 Å². The van der Waals surface area contributed by atoms with E-state index in [2.05, 4.69) is 0 Å². The molecule has 0 saturated carbocycles. The van der Waals surface area contributed by atoms with Gasteiger partial charge in [-0.05, 0) is 0 Å². The number of amides is 1.